The van der Waals surface area contributed by atoms with Crippen molar-refractivity contribution in [2.24, 2.45) is 0 Å². The molecule has 4 atom stereocenters. The number of halogens is 3. The molecule has 0 bridgehead atoms. The first-order valence-corrected chi connectivity index (χ1v) is 14.8. The number of hydrogen-bond acceptors (Lipinski definition) is 11. The molecular weight excluding hydrogens is 609 g/mol. The molecule has 1 N–H and O–H groups in total. The molecule has 2 fully saturated rings. The average molecular weight is 643 g/mol. The summed E-state index contributed by atoms with van der Waals surface area (Å²) >= 11 is 0. The Morgan fingerprint density at radius 3 is 2.61 bits per heavy atom. The SMILES string of the molecule is CC1(C)O[C@@H]2[C@H](O1)[C@@H](Nc1cncc(C(F)(F)F)n1)CO[C@@H]2COc1cnc(C2=CCN(C(=O)OCc3ccccc3)CC2)cn1. The molecule has 46 heavy (non-hydrogen) atoms. The molecule has 2 saturated heterocycles. The second-order valence-electron chi connectivity index (χ2n) is 11.5. The van der Waals surface area contributed by atoms with Gasteiger partial charge in [0.15, 0.2) is 11.5 Å². The molecule has 1 amide bonds. The van der Waals surface area contributed by atoms with Crippen LogP contribution in [0.25, 0.3) is 5.57 Å². The third-order valence-corrected chi connectivity index (χ3v) is 7.70. The molecule has 5 heterocycles. The van der Waals surface area contributed by atoms with Crippen LogP contribution in [-0.4, -0.2) is 87.4 Å². The molecule has 15 heteroatoms. The van der Waals surface area contributed by atoms with Crippen LogP contribution < -0.4 is 10.1 Å². The Labute approximate surface area is 262 Å². The van der Waals surface area contributed by atoms with E-state index in [1.165, 1.54) is 12.4 Å². The minimum absolute atomic E-state index is 0.0516. The van der Waals surface area contributed by atoms with Crippen molar-refractivity contribution in [1.82, 2.24) is 24.8 Å². The summed E-state index contributed by atoms with van der Waals surface area (Å²) in [5, 5.41) is 2.96. The van der Waals surface area contributed by atoms with Crippen LogP contribution in [0.3, 0.4) is 0 Å². The molecule has 0 aliphatic carbocycles. The number of benzene rings is 1. The first-order chi connectivity index (χ1) is 22.0. The predicted molar refractivity (Wildman–Crippen MR) is 156 cm³/mol. The number of alkyl halides is 3. The van der Waals surface area contributed by atoms with Crippen LogP contribution in [0.5, 0.6) is 5.88 Å². The molecule has 0 radical (unpaired) electrons. The summed E-state index contributed by atoms with van der Waals surface area (Å²) in [7, 11) is 0. The number of anilines is 1. The fraction of sp³-hybridized carbons (Fsp3) is 0.452. The van der Waals surface area contributed by atoms with Crippen LogP contribution in [0, 0.1) is 0 Å². The highest BCUT2D eigenvalue weighted by molar-refractivity contribution is 5.71. The second-order valence-corrected chi connectivity index (χ2v) is 11.5. The van der Waals surface area contributed by atoms with E-state index in [4.69, 9.17) is 23.7 Å². The van der Waals surface area contributed by atoms with Crippen molar-refractivity contribution in [1.29, 1.82) is 0 Å². The minimum atomic E-state index is -4.62. The summed E-state index contributed by atoms with van der Waals surface area (Å²) in [6.45, 7) is 4.80. The zero-order valence-electron chi connectivity index (χ0n) is 25.1. The van der Waals surface area contributed by atoms with Gasteiger partial charge in [-0.1, -0.05) is 36.4 Å². The lowest BCUT2D eigenvalue weighted by Crippen LogP contribution is -2.55. The van der Waals surface area contributed by atoms with Crippen molar-refractivity contribution in [3.63, 3.8) is 0 Å². The lowest BCUT2D eigenvalue weighted by Gasteiger charge is -2.37. The van der Waals surface area contributed by atoms with E-state index in [-0.39, 0.29) is 37.6 Å². The van der Waals surface area contributed by atoms with Gasteiger partial charge in [-0.3, -0.25) is 4.98 Å². The van der Waals surface area contributed by atoms with Crippen molar-refractivity contribution >= 4 is 17.5 Å². The summed E-state index contributed by atoms with van der Waals surface area (Å²) in [5.74, 6) is -0.724. The van der Waals surface area contributed by atoms with Crippen LogP contribution in [-0.2, 0) is 31.7 Å². The van der Waals surface area contributed by atoms with Crippen LogP contribution >= 0.6 is 0 Å². The number of nitrogens with zero attached hydrogens (tertiary/aromatic N) is 5. The summed E-state index contributed by atoms with van der Waals surface area (Å²) in [6.07, 6.45) is 0.861. The highest BCUT2D eigenvalue weighted by Gasteiger charge is 2.52. The lowest BCUT2D eigenvalue weighted by atomic mass is 9.98. The second kappa shape index (κ2) is 13.2. The molecule has 3 aliphatic heterocycles. The van der Waals surface area contributed by atoms with Crippen LogP contribution in [0.15, 0.2) is 61.2 Å². The van der Waals surface area contributed by atoms with E-state index in [1.807, 2.05) is 36.4 Å². The highest BCUT2D eigenvalue weighted by atomic mass is 19.4. The number of carbonyl (C=O) groups is 1. The number of nitrogens with one attached hydrogen (secondary N) is 1. The maximum absolute atomic E-state index is 13.1. The number of rotatable bonds is 8. The summed E-state index contributed by atoms with van der Waals surface area (Å²) in [5.41, 5.74) is 1.47. The van der Waals surface area contributed by atoms with Gasteiger partial charge in [0.2, 0.25) is 5.88 Å². The number of fused-ring (bicyclic) bond motifs is 1. The Morgan fingerprint density at radius 1 is 1.09 bits per heavy atom. The number of carbonyl (C=O) groups excluding carboxylic acids is 1. The summed E-state index contributed by atoms with van der Waals surface area (Å²) in [6, 6.07) is 8.96. The van der Waals surface area contributed by atoms with Crippen molar-refractivity contribution in [2.75, 3.05) is 31.6 Å². The first kappa shape index (κ1) is 31.6. The number of amides is 1. The zero-order chi connectivity index (χ0) is 32.3. The molecule has 0 unspecified atom stereocenters. The normalized spacial score (nSPS) is 24.1. The maximum atomic E-state index is 13.1. The van der Waals surface area contributed by atoms with E-state index in [2.05, 4.69) is 25.3 Å². The first-order valence-electron chi connectivity index (χ1n) is 14.8. The van der Waals surface area contributed by atoms with E-state index in [1.54, 1.807) is 24.9 Å². The lowest BCUT2D eigenvalue weighted by molar-refractivity contribution is -0.156. The van der Waals surface area contributed by atoms with Crippen LogP contribution in [0.1, 0.15) is 37.2 Å². The smallest absolute Gasteiger partial charge is 0.434 e. The van der Waals surface area contributed by atoms with E-state index in [0.29, 0.717) is 31.4 Å². The Kier molecular flexibility index (Phi) is 9.06. The van der Waals surface area contributed by atoms with Gasteiger partial charge in [-0.15, -0.1) is 0 Å². The number of hydrogen-bond donors (Lipinski definition) is 1. The number of aromatic nitrogens is 4. The highest BCUT2D eigenvalue weighted by Crippen LogP contribution is 2.37. The van der Waals surface area contributed by atoms with Gasteiger partial charge in [0.25, 0.3) is 0 Å². The molecule has 0 saturated carbocycles. The Morgan fingerprint density at radius 2 is 1.89 bits per heavy atom. The third-order valence-electron chi connectivity index (χ3n) is 7.70. The van der Waals surface area contributed by atoms with Crippen molar-refractivity contribution in [3.05, 3.63) is 78.1 Å². The molecular formula is C31H33F3N6O6. The van der Waals surface area contributed by atoms with E-state index in [9.17, 15) is 18.0 Å². The number of ether oxygens (including phenoxy) is 5. The minimum Gasteiger partial charge on any atom is -0.474 e. The summed E-state index contributed by atoms with van der Waals surface area (Å²) in [4.78, 5) is 30.3. The molecule has 3 aromatic rings. The van der Waals surface area contributed by atoms with Gasteiger partial charge in [-0.25, -0.2) is 19.7 Å². The molecule has 2 aromatic heterocycles. The van der Waals surface area contributed by atoms with Gasteiger partial charge < -0.3 is 33.9 Å². The van der Waals surface area contributed by atoms with Crippen molar-refractivity contribution < 1.29 is 41.7 Å². The molecule has 6 rings (SSSR count). The molecule has 3 aliphatic rings. The molecule has 12 nitrogen and oxygen atoms in total. The third kappa shape index (κ3) is 7.54. The van der Waals surface area contributed by atoms with Crippen LogP contribution in [0.4, 0.5) is 23.8 Å². The monoisotopic (exact) mass is 642 g/mol. The van der Waals surface area contributed by atoms with E-state index in [0.717, 1.165) is 11.1 Å². The van der Waals surface area contributed by atoms with Crippen molar-refractivity contribution in [3.8, 4) is 5.88 Å². The largest absolute Gasteiger partial charge is 0.474 e. The summed E-state index contributed by atoms with van der Waals surface area (Å²) < 4.78 is 68.9. The van der Waals surface area contributed by atoms with Crippen LogP contribution in [0.2, 0.25) is 0 Å². The fourth-order valence-corrected chi connectivity index (χ4v) is 5.46. The van der Waals surface area contributed by atoms with Gasteiger partial charge in [-0.05, 0) is 31.4 Å². The van der Waals surface area contributed by atoms with E-state index >= 15 is 0 Å². The van der Waals surface area contributed by atoms with E-state index < -0.39 is 42.0 Å². The molecule has 244 valence electrons. The van der Waals surface area contributed by atoms with Gasteiger partial charge in [0.1, 0.15) is 37.3 Å². The zero-order valence-corrected chi connectivity index (χ0v) is 25.1. The van der Waals surface area contributed by atoms with Crippen molar-refractivity contribution in [2.45, 2.75) is 63.2 Å². The Hall–Kier alpha value is -4.34. The van der Waals surface area contributed by atoms with Gasteiger partial charge in [0, 0.05) is 13.1 Å². The van der Waals surface area contributed by atoms with Gasteiger partial charge in [0.05, 0.1) is 43.1 Å². The molecule has 0 spiro atoms. The van der Waals surface area contributed by atoms with Gasteiger partial charge in [-0.2, -0.15) is 13.2 Å². The Bertz CT molecular complexity index is 1540. The van der Waals surface area contributed by atoms with Gasteiger partial charge >= 0.3 is 12.3 Å². The maximum Gasteiger partial charge on any atom is 0.434 e. The molecule has 1 aromatic carbocycles. The quantitative estimate of drug-likeness (QED) is 0.373. The predicted octanol–water partition coefficient (Wildman–Crippen LogP) is 4.49. The standard InChI is InChI=1S/C31H33F3N6O6/c1-30(2)45-27-22(38-25-14-35-13-24(39-25)31(32,33)34)17-42-23(28(27)46-30)18-43-26-15-36-21(12-37-26)20-8-10-40(11-9-20)29(41)44-16-19-6-4-3-5-7-19/h3-8,12-15,22-23,27-28H,9-11,16-18H2,1-2H3,(H,38,39)/t22-,23+,27+,28-/m0/s1. The topological polar surface area (TPSA) is 130 Å². The fourth-order valence-electron chi connectivity index (χ4n) is 5.46. The Balaban J connectivity index is 1.02. The average Bonchev–Trinajstić information content (AvgIpc) is 3.39.